The van der Waals surface area contributed by atoms with Gasteiger partial charge >= 0.3 is 0 Å². The number of hydrogen-bond donors (Lipinski definition) is 3. The second-order valence-electron chi connectivity index (χ2n) is 3.99. The molecule has 0 bridgehead atoms. The average Bonchev–Trinajstić information content (AvgIpc) is 2.81. The van der Waals surface area contributed by atoms with Gasteiger partial charge in [-0.15, -0.1) is 0 Å². The third-order valence-corrected chi connectivity index (χ3v) is 3.63. The summed E-state index contributed by atoms with van der Waals surface area (Å²) < 4.78 is 1.12. The Morgan fingerprint density at radius 1 is 1.11 bits per heavy atom. The zero-order valence-electron chi connectivity index (χ0n) is 9.83. The second kappa shape index (κ2) is 4.94. The molecule has 3 rings (SSSR count). The first-order valence-corrected chi connectivity index (χ1v) is 6.50. The molecule has 0 spiro atoms. The third-order valence-electron chi connectivity index (χ3n) is 2.68. The van der Waals surface area contributed by atoms with Gasteiger partial charge in [-0.25, -0.2) is 10.2 Å². The molecule has 1 aromatic heterocycles. The van der Waals surface area contributed by atoms with Gasteiger partial charge in [-0.1, -0.05) is 23.5 Å². The van der Waals surface area contributed by atoms with E-state index < -0.39 is 5.23 Å². The van der Waals surface area contributed by atoms with Crippen molar-refractivity contribution in [3.05, 3.63) is 53.7 Å². The van der Waals surface area contributed by atoms with Crippen molar-refractivity contribution < 1.29 is 10.4 Å². The van der Waals surface area contributed by atoms with Crippen molar-refractivity contribution in [1.82, 2.24) is 4.98 Å². The molecular weight excluding hydrogens is 262 g/mol. The number of rotatable bonds is 3. The zero-order chi connectivity index (χ0) is 13.2. The van der Waals surface area contributed by atoms with E-state index in [0.29, 0.717) is 0 Å². The van der Waals surface area contributed by atoms with Crippen molar-refractivity contribution in [3.8, 4) is 0 Å². The Kier molecular flexibility index (Phi) is 3.14. The van der Waals surface area contributed by atoms with Crippen LogP contribution < -0.4 is 10.5 Å². The summed E-state index contributed by atoms with van der Waals surface area (Å²) in [5, 5.41) is 22.6. The molecule has 0 aliphatic rings. The Balaban J connectivity index is 1.84. The summed E-state index contributed by atoms with van der Waals surface area (Å²) in [5.74, 6) is 0. The second-order valence-corrected chi connectivity index (χ2v) is 5.02. The van der Waals surface area contributed by atoms with Crippen LogP contribution in [0, 0.1) is 5.21 Å². The van der Waals surface area contributed by atoms with Gasteiger partial charge in [-0.2, -0.15) is 5.23 Å². The standard InChI is InChI=1S/C13H11N3O2S/c17-16(18)10-7-5-9(6-8-10)14-13-15-11-3-1-2-4-12(11)19-13/h1-8,16-17H,(H,14,15). The summed E-state index contributed by atoms with van der Waals surface area (Å²) >= 11 is 1.56. The van der Waals surface area contributed by atoms with E-state index in [1.54, 1.807) is 35.6 Å². The molecule has 0 radical (unpaired) electrons. The van der Waals surface area contributed by atoms with Crippen LogP contribution in [-0.4, -0.2) is 10.2 Å². The summed E-state index contributed by atoms with van der Waals surface area (Å²) in [6.07, 6.45) is 0. The monoisotopic (exact) mass is 273 g/mol. The quantitative estimate of drug-likeness (QED) is 0.641. The van der Waals surface area contributed by atoms with Crippen molar-refractivity contribution in [1.29, 1.82) is 0 Å². The highest BCUT2D eigenvalue weighted by molar-refractivity contribution is 7.22. The minimum Gasteiger partial charge on any atom is -0.595 e. The molecule has 0 aliphatic heterocycles. The van der Waals surface area contributed by atoms with Gasteiger partial charge in [0.1, 0.15) is 0 Å². The lowest BCUT2D eigenvalue weighted by atomic mass is 10.3. The van der Waals surface area contributed by atoms with Crippen molar-refractivity contribution in [2.75, 3.05) is 5.32 Å². The highest BCUT2D eigenvalue weighted by atomic mass is 32.1. The Hall–Kier alpha value is -1.99. The van der Waals surface area contributed by atoms with Crippen molar-refractivity contribution in [2.45, 2.75) is 0 Å². The lowest BCUT2D eigenvalue weighted by molar-refractivity contribution is -0.991. The summed E-state index contributed by atoms with van der Waals surface area (Å²) in [4.78, 5) is 4.46. The normalized spacial score (nSPS) is 12.5. The van der Waals surface area contributed by atoms with Gasteiger partial charge in [-0.3, -0.25) is 0 Å². The Labute approximate surface area is 113 Å². The smallest absolute Gasteiger partial charge is 0.188 e. The van der Waals surface area contributed by atoms with E-state index in [-0.39, 0.29) is 5.69 Å². The molecule has 6 heteroatoms. The van der Waals surface area contributed by atoms with E-state index in [0.717, 1.165) is 21.0 Å². The first-order valence-electron chi connectivity index (χ1n) is 5.68. The fourth-order valence-electron chi connectivity index (χ4n) is 1.75. The molecule has 0 amide bonds. The molecular formula is C13H11N3O2S. The minimum absolute atomic E-state index is 0.273. The van der Waals surface area contributed by atoms with Crippen LogP contribution in [0.1, 0.15) is 0 Å². The fourth-order valence-corrected chi connectivity index (χ4v) is 2.63. The minimum atomic E-state index is -0.925. The maximum absolute atomic E-state index is 10.8. The summed E-state index contributed by atoms with van der Waals surface area (Å²) in [6, 6.07) is 14.5. The van der Waals surface area contributed by atoms with E-state index in [2.05, 4.69) is 10.3 Å². The molecule has 19 heavy (non-hydrogen) atoms. The molecule has 96 valence electrons. The number of benzene rings is 2. The van der Waals surface area contributed by atoms with Crippen LogP contribution in [0.3, 0.4) is 0 Å². The Morgan fingerprint density at radius 2 is 1.84 bits per heavy atom. The van der Waals surface area contributed by atoms with Crippen LogP contribution in [-0.2, 0) is 0 Å². The predicted octanol–water partition coefficient (Wildman–Crippen LogP) is 2.44. The van der Waals surface area contributed by atoms with E-state index in [9.17, 15) is 5.21 Å². The highest BCUT2D eigenvalue weighted by Gasteiger charge is 2.04. The van der Waals surface area contributed by atoms with Crippen LogP contribution in [0.2, 0.25) is 0 Å². The molecule has 3 aromatic rings. The number of aromatic nitrogens is 1. The summed E-state index contributed by atoms with van der Waals surface area (Å²) in [5.41, 5.74) is 2.05. The van der Waals surface area contributed by atoms with Gasteiger partial charge in [0.05, 0.1) is 10.2 Å². The number of hydrogen-bond acceptors (Lipinski definition) is 5. The molecule has 0 aliphatic carbocycles. The first-order chi connectivity index (χ1) is 9.22. The zero-order valence-corrected chi connectivity index (χ0v) is 10.6. The van der Waals surface area contributed by atoms with E-state index in [1.807, 2.05) is 24.3 Å². The number of anilines is 2. The summed E-state index contributed by atoms with van der Waals surface area (Å²) in [7, 11) is 0. The number of para-hydroxylation sites is 1. The van der Waals surface area contributed by atoms with Gasteiger partial charge in [0.25, 0.3) is 0 Å². The van der Waals surface area contributed by atoms with Gasteiger partial charge in [0, 0.05) is 17.8 Å². The summed E-state index contributed by atoms with van der Waals surface area (Å²) in [6.45, 7) is 0. The molecule has 1 atom stereocenters. The van der Waals surface area contributed by atoms with Crippen LogP contribution in [0.15, 0.2) is 48.5 Å². The Bertz CT molecular complexity index is 661. The van der Waals surface area contributed by atoms with Crippen LogP contribution in [0.4, 0.5) is 16.5 Å². The third kappa shape index (κ3) is 2.56. The Morgan fingerprint density at radius 3 is 2.53 bits per heavy atom. The van der Waals surface area contributed by atoms with Gasteiger partial charge in [-0.05, 0) is 24.3 Å². The first kappa shape index (κ1) is 12.1. The van der Waals surface area contributed by atoms with Crippen LogP contribution in [0.5, 0.6) is 0 Å². The molecule has 0 saturated carbocycles. The molecule has 5 nitrogen and oxygen atoms in total. The number of fused-ring (bicyclic) bond motifs is 1. The maximum Gasteiger partial charge on any atom is 0.188 e. The van der Waals surface area contributed by atoms with Gasteiger partial charge < -0.3 is 10.5 Å². The van der Waals surface area contributed by atoms with Crippen molar-refractivity contribution in [2.24, 2.45) is 0 Å². The highest BCUT2D eigenvalue weighted by Crippen LogP contribution is 2.28. The lowest BCUT2D eigenvalue weighted by Crippen LogP contribution is -2.99. The largest absolute Gasteiger partial charge is 0.595 e. The van der Waals surface area contributed by atoms with E-state index in [4.69, 9.17) is 5.21 Å². The SMILES string of the molecule is [O-][NH+](O)c1ccc(Nc2nc3ccccc3s2)cc1. The van der Waals surface area contributed by atoms with Crippen LogP contribution >= 0.6 is 11.3 Å². The fraction of sp³-hybridized carbons (Fsp3) is 0. The average molecular weight is 273 g/mol. The predicted molar refractivity (Wildman–Crippen MR) is 75.1 cm³/mol. The van der Waals surface area contributed by atoms with E-state index in [1.165, 1.54) is 0 Å². The topological polar surface area (TPSA) is 72.7 Å². The molecule has 1 heterocycles. The van der Waals surface area contributed by atoms with Crippen LogP contribution in [0.25, 0.3) is 10.2 Å². The molecule has 2 aromatic carbocycles. The molecule has 3 N–H and O–H groups in total. The van der Waals surface area contributed by atoms with Gasteiger partial charge in [0.2, 0.25) is 0 Å². The van der Waals surface area contributed by atoms with Crippen molar-refractivity contribution in [3.63, 3.8) is 0 Å². The number of nitrogens with one attached hydrogen (secondary N) is 2. The number of nitrogens with zero attached hydrogens (tertiary/aromatic N) is 1. The van der Waals surface area contributed by atoms with Crippen molar-refractivity contribution >= 4 is 38.1 Å². The van der Waals surface area contributed by atoms with Gasteiger partial charge in [0.15, 0.2) is 10.8 Å². The molecule has 0 fully saturated rings. The lowest BCUT2D eigenvalue weighted by Gasteiger charge is -2.11. The number of quaternary nitrogens is 1. The molecule has 1 unspecified atom stereocenters. The van der Waals surface area contributed by atoms with E-state index >= 15 is 0 Å². The molecule has 0 saturated heterocycles. The number of thiazole rings is 1. The maximum atomic E-state index is 10.8.